The number of unbranched alkanes of at least 4 members (excludes halogenated alkanes) is 1. The van der Waals surface area contributed by atoms with Gasteiger partial charge in [0.15, 0.2) is 11.5 Å². The molecule has 6 nitrogen and oxygen atoms in total. The number of nitrogens with zero attached hydrogens (tertiary/aromatic N) is 2. The molecular weight excluding hydrogens is 541 g/mol. The van der Waals surface area contributed by atoms with Crippen LogP contribution in [0.2, 0.25) is 0 Å². The molecule has 1 heterocycles. The van der Waals surface area contributed by atoms with Crippen LogP contribution in [0.15, 0.2) is 53.9 Å². The molecule has 0 N–H and O–H groups in total. The summed E-state index contributed by atoms with van der Waals surface area (Å²) >= 11 is 1.55. The molecule has 216 valence electrons. The van der Waals surface area contributed by atoms with E-state index in [9.17, 15) is 22.8 Å². The third kappa shape index (κ3) is 8.24. The van der Waals surface area contributed by atoms with Crippen molar-refractivity contribution >= 4 is 23.2 Å². The molecule has 0 saturated carbocycles. The number of methoxy groups -OCH3 is 2. The minimum Gasteiger partial charge on any atom is -0.493 e. The number of ether oxygens (including phenoxy) is 2. The highest BCUT2D eigenvalue weighted by atomic mass is 32.1. The van der Waals surface area contributed by atoms with Crippen LogP contribution in [-0.2, 0) is 23.9 Å². The quantitative estimate of drug-likeness (QED) is 0.230. The Morgan fingerprint density at radius 3 is 2.33 bits per heavy atom. The van der Waals surface area contributed by atoms with Gasteiger partial charge in [-0.25, -0.2) is 0 Å². The van der Waals surface area contributed by atoms with Crippen LogP contribution in [0.25, 0.3) is 0 Å². The van der Waals surface area contributed by atoms with Crippen molar-refractivity contribution in [2.45, 2.75) is 45.8 Å². The van der Waals surface area contributed by atoms with Gasteiger partial charge in [0.25, 0.3) is 5.91 Å². The lowest BCUT2D eigenvalue weighted by molar-refractivity contribution is -0.137. The van der Waals surface area contributed by atoms with E-state index in [0.29, 0.717) is 37.4 Å². The molecule has 3 rings (SSSR count). The summed E-state index contributed by atoms with van der Waals surface area (Å²) in [5.41, 5.74) is 1.02. The molecule has 0 aliphatic carbocycles. The molecule has 0 spiro atoms. The van der Waals surface area contributed by atoms with Crippen molar-refractivity contribution in [3.8, 4) is 11.5 Å². The number of rotatable bonds is 13. The molecule has 1 aromatic heterocycles. The zero-order chi connectivity index (χ0) is 29.3. The SMILES string of the molecule is CCCCN(CC(=O)N(CCc1ccc(OC)c(OC)c1)Cc1sccc1C)C(=O)c1cccc(C(F)(F)F)c1. The first kappa shape index (κ1) is 31.0. The second-order valence-electron chi connectivity index (χ2n) is 9.44. The van der Waals surface area contributed by atoms with E-state index in [2.05, 4.69) is 0 Å². The van der Waals surface area contributed by atoms with E-state index in [1.807, 2.05) is 43.5 Å². The van der Waals surface area contributed by atoms with E-state index in [-0.39, 0.29) is 24.6 Å². The number of carbonyl (C=O) groups excluding carboxylic acids is 2. The third-order valence-electron chi connectivity index (χ3n) is 6.61. The maximum absolute atomic E-state index is 13.7. The third-order valence-corrected chi connectivity index (χ3v) is 7.61. The Morgan fingerprint density at radius 2 is 1.70 bits per heavy atom. The van der Waals surface area contributed by atoms with E-state index in [1.165, 1.54) is 17.0 Å². The van der Waals surface area contributed by atoms with Crippen molar-refractivity contribution in [3.63, 3.8) is 0 Å². The average molecular weight is 577 g/mol. The van der Waals surface area contributed by atoms with Gasteiger partial charge >= 0.3 is 6.18 Å². The van der Waals surface area contributed by atoms with Crippen LogP contribution in [0.1, 0.15) is 51.7 Å². The molecule has 0 aliphatic rings. The minimum atomic E-state index is -4.57. The maximum atomic E-state index is 13.7. The zero-order valence-corrected chi connectivity index (χ0v) is 24.0. The van der Waals surface area contributed by atoms with Crippen molar-refractivity contribution in [2.75, 3.05) is 33.9 Å². The highest BCUT2D eigenvalue weighted by Gasteiger charge is 2.31. The number of amides is 2. The smallest absolute Gasteiger partial charge is 0.416 e. The van der Waals surface area contributed by atoms with Gasteiger partial charge in [-0.05, 0) is 72.7 Å². The molecule has 3 aromatic rings. The number of benzene rings is 2. The van der Waals surface area contributed by atoms with Gasteiger partial charge in [-0.3, -0.25) is 9.59 Å². The molecule has 0 radical (unpaired) electrons. The monoisotopic (exact) mass is 576 g/mol. The summed E-state index contributed by atoms with van der Waals surface area (Å²) in [6.45, 7) is 4.71. The summed E-state index contributed by atoms with van der Waals surface area (Å²) in [5, 5.41) is 1.96. The summed E-state index contributed by atoms with van der Waals surface area (Å²) in [6.07, 6.45) is -2.65. The Bertz CT molecular complexity index is 1290. The molecule has 0 saturated heterocycles. The van der Waals surface area contributed by atoms with Crippen LogP contribution in [0.3, 0.4) is 0 Å². The second kappa shape index (κ2) is 14.2. The summed E-state index contributed by atoms with van der Waals surface area (Å²) in [7, 11) is 3.12. The molecule has 0 bridgehead atoms. The summed E-state index contributed by atoms with van der Waals surface area (Å²) in [5.74, 6) is 0.321. The lowest BCUT2D eigenvalue weighted by atomic mass is 10.1. The fourth-order valence-electron chi connectivity index (χ4n) is 4.21. The Morgan fingerprint density at radius 1 is 0.950 bits per heavy atom. The Hall–Kier alpha value is -3.53. The number of aryl methyl sites for hydroxylation is 1. The average Bonchev–Trinajstić information content (AvgIpc) is 3.35. The minimum absolute atomic E-state index is 0.0929. The maximum Gasteiger partial charge on any atom is 0.416 e. The van der Waals surface area contributed by atoms with Gasteiger partial charge in [0.2, 0.25) is 5.91 Å². The van der Waals surface area contributed by atoms with Gasteiger partial charge in [-0.1, -0.05) is 25.5 Å². The van der Waals surface area contributed by atoms with Crippen molar-refractivity contribution < 1.29 is 32.2 Å². The van der Waals surface area contributed by atoms with Crippen LogP contribution in [0.4, 0.5) is 13.2 Å². The first-order valence-corrected chi connectivity index (χ1v) is 13.9. The van der Waals surface area contributed by atoms with E-state index < -0.39 is 17.6 Å². The normalized spacial score (nSPS) is 11.3. The highest BCUT2D eigenvalue weighted by molar-refractivity contribution is 7.10. The number of thiophene rings is 1. The number of alkyl halides is 3. The van der Waals surface area contributed by atoms with Crippen LogP contribution < -0.4 is 9.47 Å². The van der Waals surface area contributed by atoms with Crippen molar-refractivity contribution in [2.24, 2.45) is 0 Å². The molecule has 40 heavy (non-hydrogen) atoms. The van der Waals surface area contributed by atoms with Crippen LogP contribution in [0, 0.1) is 6.92 Å². The van der Waals surface area contributed by atoms with Gasteiger partial charge in [0.05, 0.1) is 26.3 Å². The van der Waals surface area contributed by atoms with Gasteiger partial charge in [-0.15, -0.1) is 11.3 Å². The number of carbonyl (C=O) groups is 2. The largest absolute Gasteiger partial charge is 0.493 e. The van der Waals surface area contributed by atoms with E-state index in [0.717, 1.165) is 34.6 Å². The number of halogens is 3. The van der Waals surface area contributed by atoms with E-state index >= 15 is 0 Å². The Balaban J connectivity index is 1.83. The lowest BCUT2D eigenvalue weighted by Gasteiger charge is -2.28. The van der Waals surface area contributed by atoms with Gasteiger partial charge in [0, 0.05) is 23.5 Å². The lowest BCUT2D eigenvalue weighted by Crippen LogP contribution is -2.43. The highest BCUT2D eigenvalue weighted by Crippen LogP contribution is 2.30. The predicted molar refractivity (Wildman–Crippen MR) is 150 cm³/mol. The first-order chi connectivity index (χ1) is 19.1. The molecule has 10 heteroatoms. The molecule has 0 aliphatic heterocycles. The predicted octanol–water partition coefficient (Wildman–Crippen LogP) is 6.61. The second-order valence-corrected chi connectivity index (χ2v) is 10.4. The van der Waals surface area contributed by atoms with Gasteiger partial charge in [0.1, 0.15) is 6.54 Å². The van der Waals surface area contributed by atoms with E-state index in [4.69, 9.17) is 9.47 Å². The van der Waals surface area contributed by atoms with Crippen molar-refractivity contribution in [1.82, 2.24) is 9.80 Å². The number of hydrogen-bond donors (Lipinski definition) is 0. The molecule has 0 atom stereocenters. The topological polar surface area (TPSA) is 59.1 Å². The Labute approximate surface area is 237 Å². The molecule has 2 aromatic carbocycles. The fraction of sp³-hybridized carbons (Fsp3) is 0.400. The van der Waals surface area contributed by atoms with Crippen LogP contribution in [0.5, 0.6) is 11.5 Å². The standard InChI is InChI=1S/C30H35F3N2O4S/c1-5-6-14-35(29(37)23-8-7-9-24(18-23)30(31,32)33)20-28(36)34(19-27-21(2)13-16-40-27)15-12-22-10-11-25(38-3)26(17-22)39-4/h7-11,13,16-18H,5-6,12,14-15,19-20H2,1-4H3. The van der Waals surface area contributed by atoms with Crippen LogP contribution >= 0.6 is 11.3 Å². The summed E-state index contributed by atoms with van der Waals surface area (Å²) in [6, 6.07) is 11.9. The van der Waals surface area contributed by atoms with Crippen molar-refractivity contribution in [3.05, 3.63) is 81.0 Å². The number of hydrogen-bond acceptors (Lipinski definition) is 5. The first-order valence-electron chi connectivity index (χ1n) is 13.1. The van der Waals surface area contributed by atoms with Crippen LogP contribution in [-0.4, -0.2) is 55.5 Å². The van der Waals surface area contributed by atoms with Gasteiger partial charge in [-0.2, -0.15) is 13.2 Å². The molecule has 0 unspecified atom stereocenters. The summed E-state index contributed by atoms with van der Waals surface area (Å²) in [4.78, 5) is 31.1. The zero-order valence-electron chi connectivity index (χ0n) is 23.2. The summed E-state index contributed by atoms with van der Waals surface area (Å²) < 4.78 is 50.6. The Kier molecular flexibility index (Phi) is 11.0. The fourth-order valence-corrected chi connectivity index (χ4v) is 5.13. The molecular formula is C30H35F3N2O4S. The molecule has 2 amide bonds. The van der Waals surface area contributed by atoms with E-state index in [1.54, 1.807) is 30.5 Å². The van der Waals surface area contributed by atoms with Gasteiger partial charge < -0.3 is 19.3 Å². The van der Waals surface area contributed by atoms with Crippen molar-refractivity contribution in [1.29, 1.82) is 0 Å². The molecule has 0 fully saturated rings.